The molecule has 5 heteroatoms. The molecule has 27 heavy (non-hydrogen) atoms. The topological polar surface area (TPSA) is 72.8 Å². The highest BCUT2D eigenvalue weighted by atomic mass is 16.6. The van der Waals surface area contributed by atoms with Crippen LogP contribution >= 0.6 is 0 Å². The van der Waals surface area contributed by atoms with Crippen LogP contribution in [0.3, 0.4) is 0 Å². The maximum atomic E-state index is 11.7. The third-order valence-corrected chi connectivity index (χ3v) is 4.51. The molecule has 0 aromatic rings. The molecular formula is C22H40O5. The van der Waals surface area contributed by atoms with Gasteiger partial charge in [0.25, 0.3) is 0 Å². The van der Waals surface area contributed by atoms with Crippen molar-refractivity contribution in [2.45, 2.75) is 98.0 Å². The van der Waals surface area contributed by atoms with Crippen LogP contribution in [0.4, 0.5) is 0 Å². The van der Waals surface area contributed by atoms with Gasteiger partial charge in [-0.15, -0.1) is 0 Å². The van der Waals surface area contributed by atoms with Crippen LogP contribution in [0.25, 0.3) is 0 Å². The highest BCUT2D eigenvalue weighted by molar-refractivity contribution is 5.87. The van der Waals surface area contributed by atoms with E-state index in [9.17, 15) is 14.7 Å². The number of esters is 2. The Labute approximate surface area is 165 Å². The number of allylic oxidation sites excluding steroid dienone is 1. The van der Waals surface area contributed by atoms with Gasteiger partial charge >= 0.3 is 11.9 Å². The SMILES string of the molecule is CC=C(C)C(=O)OCC(O)COC(=O)CCCCCCCCCCC(C)C. The Morgan fingerprint density at radius 2 is 1.41 bits per heavy atom. The molecule has 0 saturated carbocycles. The molecule has 0 fully saturated rings. The number of hydrogen-bond acceptors (Lipinski definition) is 5. The predicted octanol–water partition coefficient (Wildman–Crippen LogP) is 4.96. The van der Waals surface area contributed by atoms with Crippen LogP contribution < -0.4 is 0 Å². The second kappa shape index (κ2) is 16.8. The first-order chi connectivity index (χ1) is 12.9. The molecule has 0 spiro atoms. The Morgan fingerprint density at radius 1 is 0.889 bits per heavy atom. The molecule has 0 aliphatic carbocycles. The summed E-state index contributed by atoms with van der Waals surface area (Å²) in [6.45, 7) is 7.61. The lowest BCUT2D eigenvalue weighted by Crippen LogP contribution is -2.25. The van der Waals surface area contributed by atoms with Gasteiger partial charge in [0, 0.05) is 12.0 Å². The quantitative estimate of drug-likeness (QED) is 0.231. The van der Waals surface area contributed by atoms with Crippen molar-refractivity contribution in [1.29, 1.82) is 0 Å². The molecule has 0 aliphatic heterocycles. The van der Waals surface area contributed by atoms with E-state index in [-0.39, 0.29) is 19.2 Å². The van der Waals surface area contributed by atoms with E-state index in [2.05, 4.69) is 13.8 Å². The van der Waals surface area contributed by atoms with E-state index in [0.29, 0.717) is 12.0 Å². The lowest BCUT2D eigenvalue weighted by Gasteiger charge is -2.12. The molecule has 0 radical (unpaired) electrons. The van der Waals surface area contributed by atoms with E-state index in [4.69, 9.17) is 9.47 Å². The average Bonchev–Trinajstić information content (AvgIpc) is 2.64. The second-order valence-corrected chi connectivity index (χ2v) is 7.67. The van der Waals surface area contributed by atoms with E-state index in [1.54, 1.807) is 19.9 Å². The Balaban J connectivity index is 3.49. The summed E-state index contributed by atoms with van der Waals surface area (Å²) in [6, 6.07) is 0. The summed E-state index contributed by atoms with van der Waals surface area (Å²) in [6.07, 6.45) is 11.8. The molecule has 1 unspecified atom stereocenters. The van der Waals surface area contributed by atoms with Crippen LogP contribution in [-0.2, 0) is 19.1 Å². The number of hydrogen-bond donors (Lipinski definition) is 1. The van der Waals surface area contributed by atoms with Crippen LogP contribution in [0.15, 0.2) is 11.6 Å². The molecule has 0 bridgehead atoms. The van der Waals surface area contributed by atoms with Gasteiger partial charge in [-0.3, -0.25) is 4.79 Å². The number of carbonyl (C=O) groups is 2. The number of rotatable bonds is 16. The smallest absolute Gasteiger partial charge is 0.333 e. The zero-order valence-corrected chi connectivity index (χ0v) is 17.8. The highest BCUT2D eigenvalue weighted by Crippen LogP contribution is 2.13. The molecule has 0 saturated heterocycles. The normalized spacial score (nSPS) is 12.9. The summed E-state index contributed by atoms with van der Waals surface area (Å²) in [5.41, 5.74) is 0.481. The number of aliphatic hydroxyl groups is 1. The van der Waals surface area contributed by atoms with Gasteiger partial charge < -0.3 is 14.6 Å². The van der Waals surface area contributed by atoms with E-state index in [1.807, 2.05) is 0 Å². The Hall–Kier alpha value is -1.36. The molecule has 0 amide bonds. The van der Waals surface area contributed by atoms with Crippen LogP contribution in [0.1, 0.15) is 91.9 Å². The predicted molar refractivity (Wildman–Crippen MR) is 108 cm³/mol. The van der Waals surface area contributed by atoms with Crippen LogP contribution in [0, 0.1) is 5.92 Å². The summed E-state index contributed by atoms with van der Waals surface area (Å²) >= 11 is 0. The van der Waals surface area contributed by atoms with Crippen LogP contribution in [0.2, 0.25) is 0 Å². The van der Waals surface area contributed by atoms with Crippen molar-refractivity contribution in [2.75, 3.05) is 13.2 Å². The Morgan fingerprint density at radius 3 is 1.96 bits per heavy atom. The second-order valence-electron chi connectivity index (χ2n) is 7.67. The average molecular weight is 385 g/mol. The minimum absolute atomic E-state index is 0.141. The summed E-state index contributed by atoms with van der Waals surface area (Å²) < 4.78 is 9.93. The van der Waals surface area contributed by atoms with Gasteiger partial charge in [0.1, 0.15) is 19.3 Å². The van der Waals surface area contributed by atoms with Gasteiger partial charge in [-0.05, 0) is 26.2 Å². The van der Waals surface area contributed by atoms with E-state index in [0.717, 1.165) is 25.2 Å². The van der Waals surface area contributed by atoms with Crippen molar-refractivity contribution in [3.8, 4) is 0 Å². The number of carbonyl (C=O) groups excluding carboxylic acids is 2. The number of unbranched alkanes of at least 4 members (excludes halogenated alkanes) is 7. The summed E-state index contributed by atoms with van der Waals surface area (Å²) in [4.78, 5) is 23.1. The maximum absolute atomic E-state index is 11.7. The fourth-order valence-corrected chi connectivity index (χ4v) is 2.60. The summed E-state index contributed by atoms with van der Waals surface area (Å²) in [5.74, 6) is 0.0322. The molecule has 0 aromatic heterocycles. The van der Waals surface area contributed by atoms with Gasteiger partial charge in [-0.2, -0.15) is 0 Å². The van der Waals surface area contributed by atoms with Crippen molar-refractivity contribution >= 4 is 11.9 Å². The van der Waals surface area contributed by atoms with Crippen LogP contribution in [-0.4, -0.2) is 36.4 Å². The van der Waals surface area contributed by atoms with E-state index in [1.165, 1.54) is 38.5 Å². The first kappa shape index (κ1) is 25.6. The minimum atomic E-state index is -0.988. The van der Waals surface area contributed by atoms with Crippen molar-refractivity contribution < 1.29 is 24.2 Å². The Kier molecular flexibility index (Phi) is 15.9. The van der Waals surface area contributed by atoms with E-state index < -0.39 is 12.1 Å². The lowest BCUT2D eigenvalue weighted by molar-refractivity contribution is -0.150. The summed E-state index contributed by atoms with van der Waals surface area (Å²) in [7, 11) is 0. The first-order valence-corrected chi connectivity index (χ1v) is 10.5. The minimum Gasteiger partial charge on any atom is -0.463 e. The van der Waals surface area contributed by atoms with Crippen LogP contribution in [0.5, 0.6) is 0 Å². The third-order valence-electron chi connectivity index (χ3n) is 4.51. The van der Waals surface area contributed by atoms with E-state index >= 15 is 0 Å². The van der Waals surface area contributed by atoms with Crippen molar-refractivity contribution in [3.05, 3.63) is 11.6 Å². The Bertz CT molecular complexity index is 428. The van der Waals surface area contributed by atoms with Crippen molar-refractivity contribution in [2.24, 2.45) is 5.92 Å². The molecule has 0 aromatic carbocycles. The first-order valence-electron chi connectivity index (χ1n) is 10.5. The van der Waals surface area contributed by atoms with Gasteiger partial charge in [-0.25, -0.2) is 4.79 Å². The summed E-state index contributed by atoms with van der Waals surface area (Å²) in [5, 5.41) is 9.69. The zero-order valence-electron chi connectivity index (χ0n) is 17.8. The molecule has 0 aliphatic rings. The third kappa shape index (κ3) is 16.5. The monoisotopic (exact) mass is 384 g/mol. The van der Waals surface area contributed by atoms with Gasteiger partial charge in [-0.1, -0.05) is 71.3 Å². The molecule has 0 rings (SSSR count). The largest absolute Gasteiger partial charge is 0.463 e. The fraction of sp³-hybridized carbons (Fsp3) is 0.818. The number of aliphatic hydroxyl groups excluding tert-OH is 1. The number of ether oxygens (including phenoxy) is 2. The highest BCUT2D eigenvalue weighted by Gasteiger charge is 2.12. The molecule has 0 heterocycles. The van der Waals surface area contributed by atoms with Gasteiger partial charge in [0.2, 0.25) is 0 Å². The van der Waals surface area contributed by atoms with Gasteiger partial charge in [0.15, 0.2) is 0 Å². The fourth-order valence-electron chi connectivity index (χ4n) is 2.60. The molecule has 158 valence electrons. The molecule has 1 atom stereocenters. The maximum Gasteiger partial charge on any atom is 0.333 e. The van der Waals surface area contributed by atoms with Crippen molar-refractivity contribution in [1.82, 2.24) is 0 Å². The zero-order chi connectivity index (χ0) is 20.5. The molecule has 5 nitrogen and oxygen atoms in total. The standard InChI is InChI=1S/C22H40O5/c1-5-19(4)22(25)27-17-20(23)16-26-21(24)15-13-11-9-7-6-8-10-12-14-18(2)3/h5,18,20,23H,6-17H2,1-4H3. The van der Waals surface area contributed by atoms with Crippen molar-refractivity contribution in [3.63, 3.8) is 0 Å². The lowest BCUT2D eigenvalue weighted by atomic mass is 10.0. The molecular weight excluding hydrogens is 344 g/mol. The molecule has 1 N–H and O–H groups in total. The van der Waals surface area contributed by atoms with Gasteiger partial charge in [0.05, 0.1) is 0 Å².